The van der Waals surface area contributed by atoms with Crippen LogP contribution in [0.25, 0.3) is 10.2 Å². The number of hydrogen-bond donors (Lipinski definition) is 0. The minimum Gasteiger partial charge on any atom is -0.282 e. The zero-order valence-electron chi connectivity index (χ0n) is 17.6. The number of carbonyl (C=O) groups excluding carboxylic acids is 1. The predicted molar refractivity (Wildman–Crippen MR) is 128 cm³/mol. The lowest BCUT2D eigenvalue weighted by Crippen LogP contribution is -2.30. The molecule has 34 heavy (non-hydrogen) atoms. The van der Waals surface area contributed by atoms with E-state index in [2.05, 4.69) is 9.97 Å². The molecule has 0 unspecified atom stereocenters. The monoisotopic (exact) mass is 521 g/mol. The van der Waals surface area contributed by atoms with Gasteiger partial charge >= 0.3 is 0 Å². The Morgan fingerprint density at radius 2 is 1.85 bits per heavy atom. The van der Waals surface area contributed by atoms with Crippen LogP contribution in [0.5, 0.6) is 0 Å². The second kappa shape index (κ2) is 10.1. The van der Waals surface area contributed by atoms with Crippen molar-refractivity contribution < 1.29 is 22.0 Å². The highest BCUT2D eigenvalue weighted by atomic mass is 35.5. The minimum atomic E-state index is -3.60. The molecule has 0 aliphatic rings. The lowest BCUT2D eigenvalue weighted by molar-refractivity contribution is -0.118. The van der Waals surface area contributed by atoms with Gasteiger partial charge in [-0.15, -0.1) is 0 Å². The second-order valence-electron chi connectivity index (χ2n) is 7.41. The first kappa shape index (κ1) is 24.2. The molecule has 0 atom stereocenters. The Morgan fingerprint density at radius 3 is 2.56 bits per heavy atom. The van der Waals surface area contributed by atoms with Crippen molar-refractivity contribution in [2.75, 3.05) is 10.7 Å². The lowest BCUT2D eigenvalue weighted by atomic mass is 10.2. The molecule has 176 valence electrons. The number of carbonyl (C=O) groups is 1. The topological polar surface area (TPSA) is 80.2 Å². The number of thiazole rings is 1. The maximum absolute atomic E-state index is 14.2. The number of anilines is 1. The van der Waals surface area contributed by atoms with Gasteiger partial charge in [0.05, 0.1) is 27.6 Å². The molecule has 0 aliphatic heterocycles. The SMILES string of the molecule is O=C(CCCS(=O)(=O)c1ccc(Cl)cc1)N(Cc1ccccn1)c1nc2c(F)cc(F)cc2s1. The molecule has 0 fully saturated rings. The highest BCUT2D eigenvalue weighted by Gasteiger charge is 2.23. The van der Waals surface area contributed by atoms with E-state index >= 15 is 0 Å². The Morgan fingerprint density at radius 1 is 1.09 bits per heavy atom. The quantitative estimate of drug-likeness (QED) is 0.310. The third-order valence-electron chi connectivity index (χ3n) is 4.96. The Hall–Kier alpha value is -2.95. The van der Waals surface area contributed by atoms with Crippen LogP contribution < -0.4 is 4.90 Å². The minimum absolute atomic E-state index is 0.0365. The molecule has 0 radical (unpaired) electrons. The van der Waals surface area contributed by atoms with E-state index < -0.39 is 27.4 Å². The van der Waals surface area contributed by atoms with Crippen molar-refractivity contribution in [2.45, 2.75) is 24.3 Å². The third-order valence-corrected chi connectivity index (χ3v) is 8.05. The summed E-state index contributed by atoms with van der Waals surface area (Å²) in [5.74, 6) is -2.21. The summed E-state index contributed by atoms with van der Waals surface area (Å²) in [5, 5.41) is 0.599. The molecule has 2 aromatic carbocycles. The van der Waals surface area contributed by atoms with Crippen molar-refractivity contribution in [1.82, 2.24) is 9.97 Å². The Balaban J connectivity index is 1.55. The zero-order chi connectivity index (χ0) is 24.3. The molecule has 0 spiro atoms. The van der Waals surface area contributed by atoms with Gasteiger partial charge < -0.3 is 0 Å². The Kier molecular flexibility index (Phi) is 7.20. The summed E-state index contributed by atoms with van der Waals surface area (Å²) in [5.41, 5.74) is 0.529. The van der Waals surface area contributed by atoms with E-state index in [-0.39, 0.29) is 45.4 Å². The van der Waals surface area contributed by atoms with Crippen molar-refractivity contribution in [3.63, 3.8) is 0 Å². The van der Waals surface area contributed by atoms with Crippen LogP contribution in [0.2, 0.25) is 5.02 Å². The first-order valence-electron chi connectivity index (χ1n) is 10.2. The van der Waals surface area contributed by atoms with Crippen LogP contribution in [-0.4, -0.2) is 30.0 Å². The van der Waals surface area contributed by atoms with E-state index in [1.807, 2.05) is 0 Å². The molecule has 1 amide bonds. The van der Waals surface area contributed by atoms with E-state index in [9.17, 15) is 22.0 Å². The van der Waals surface area contributed by atoms with E-state index in [1.165, 1.54) is 29.2 Å². The van der Waals surface area contributed by atoms with Gasteiger partial charge in [0.1, 0.15) is 11.3 Å². The van der Waals surface area contributed by atoms with Crippen LogP contribution in [0, 0.1) is 11.6 Å². The van der Waals surface area contributed by atoms with Gasteiger partial charge in [0.2, 0.25) is 5.91 Å². The number of benzene rings is 2. The number of sulfone groups is 1. The van der Waals surface area contributed by atoms with Gasteiger partial charge in [-0.1, -0.05) is 29.0 Å². The average molecular weight is 522 g/mol. The molecular weight excluding hydrogens is 504 g/mol. The number of aromatic nitrogens is 2. The largest absolute Gasteiger partial charge is 0.282 e. The van der Waals surface area contributed by atoms with Crippen LogP contribution in [-0.2, 0) is 21.2 Å². The molecule has 0 N–H and O–H groups in total. The Labute approximate surface area is 203 Å². The van der Waals surface area contributed by atoms with Gasteiger partial charge in [0.25, 0.3) is 0 Å². The van der Waals surface area contributed by atoms with Gasteiger partial charge in [0, 0.05) is 23.7 Å². The summed E-state index contributed by atoms with van der Waals surface area (Å²) in [7, 11) is -3.60. The second-order valence-corrected chi connectivity index (χ2v) is 11.0. The maximum Gasteiger partial charge on any atom is 0.229 e. The smallest absolute Gasteiger partial charge is 0.229 e. The van der Waals surface area contributed by atoms with E-state index in [0.29, 0.717) is 10.7 Å². The van der Waals surface area contributed by atoms with Crippen LogP contribution >= 0.6 is 22.9 Å². The van der Waals surface area contributed by atoms with Crippen molar-refractivity contribution in [3.8, 4) is 0 Å². The lowest BCUT2D eigenvalue weighted by Gasteiger charge is -2.19. The molecule has 4 aromatic rings. The number of rotatable bonds is 8. The van der Waals surface area contributed by atoms with E-state index in [4.69, 9.17) is 11.6 Å². The normalized spacial score (nSPS) is 11.6. The summed E-state index contributed by atoms with van der Waals surface area (Å²) in [4.78, 5) is 23.0. The van der Waals surface area contributed by atoms with Gasteiger partial charge in [-0.05, 0) is 48.9 Å². The molecule has 0 bridgehead atoms. The van der Waals surface area contributed by atoms with Crippen molar-refractivity contribution in [1.29, 1.82) is 0 Å². The van der Waals surface area contributed by atoms with Crippen LogP contribution in [0.15, 0.2) is 65.7 Å². The maximum atomic E-state index is 14.2. The number of hydrogen-bond acceptors (Lipinski definition) is 6. The third kappa shape index (κ3) is 5.57. The molecular formula is C23H18ClF2N3O3S2. The van der Waals surface area contributed by atoms with Gasteiger partial charge in [-0.3, -0.25) is 14.7 Å². The van der Waals surface area contributed by atoms with Crippen LogP contribution in [0.4, 0.5) is 13.9 Å². The fraction of sp³-hybridized carbons (Fsp3) is 0.174. The number of nitrogens with zero attached hydrogens (tertiary/aromatic N) is 3. The first-order valence-corrected chi connectivity index (χ1v) is 13.0. The Bertz CT molecular complexity index is 1430. The van der Waals surface area contributed by atoms with Gasteiger partial charge in [-0.2, -0.15) is 0 Å². The van der Waals surface area contributed by atoms with Gasteiger partial charge in [0.15, 0.2) is 20.8 Å². The average Bonchev–Trinajstić information content (AvgIpc) is 3.22. The first-order chi connectivity index (χ1) is 16.2. The summed E-state index contributed by atoms with van der Waals surface area (Å²) < 4.78 is 53.2. The van der Waals surface area contributed by atoms with E-state index in [1.54, 1.807) is 24.4 Å². The van der Waals surface area contributed by atoms with Crippen LogP contribution in [0.3, 0.4) is 0 Å². The molecule has 0 saturated carbocycles. The summed E-state index contributed by atoms with van der Waals surface area (Å²) in [6.45, 7) is 0.0491. The molecule has 11 heteroatoms. The van der Waals surface area contributed by atoms with Crippen LogP contribution in [0.1, 0.15) is 18.5 Å². The zero-order valence-corrected chi connectivity index (χ0v) is 20.0. The van der Waals surface area contributed by atoms with Crippen molar-refractivity contribution in [2.24, 2.45) is 0 Å². The highest BCUT2D eigenvalue weighted by Crippen LogP contribution is 2.32. The van der Waals surface area contributed by atoms with Crippen molar-refractivity contribution >= 4 is 54.0 Å². The predicted octanol–water partition coefficient (Wildman–Crippen LogP) is 5.41. The molecule has 2 heterocycles. The molecule has 0 saturated heterocycles. The summed E-state index contributed by atoms with van der Waals surface area (Å²) in [6.07, 6.45) is 1.55. The fourth-order valence-corrected chi connectivity index (χ4v) is 5.74. The van der Waals surface area contributed by atoms with Gasteiger partial charge in [-0.25, -0.2) is 22.2 Å². The fourth-order valence-electron chi connectivity index (χ4n) is 3.29. The summed E-state index contributed by atoms with van der Waals surface area (Å²) in [6, 6.07) is 12.9. The highest BCUT2D eigenvalue weighted by molar-refractivity contribution is 7.91. The number of fused-ring (bicyclic) bond motifs is 1. The standard InChI is InChI=1S/C23H18ClF2N3O3S2/c24-15-6-8-18(9-7-15)34(31,32)11-3-5-21(30)29(14-17-4-1-2-10-27-17)23-28-22-19(26)12-16(25)13-20(22)33-23/h1-2,4,6-10,12-13H,3,5,11,14H2. The molecule has 0 aliphatic carbocycles. The molecule has 2 aromatic heterocycles. The number of amides is 1. The number of pyridine rings is 1. The van der Waals surface area contributed by atoms with Crippen molar-refractivity contribution in [3.05, 3.63) is 83.1 Å². The van der Waals surface area contributed by atoms with E-state index in [0.717, 1.165) is 23.5 Å². The summed E-state index contributed by atoms with van der Waals surface area (Å²) >= 11 is 6.79. The molecule has 4 rings (SSSR count). The molecule has 6 nitrogen and oxygen atoms in total. The number of halogens is 3.